The molecule has 0 radical (unpaired) electrons. The number of allylic oxidation sites excluding steroid dienone is 1. The molecule has 0 bridgehead atoms. The van der Waals surface area contributed by atoms with Crippen LogP contribution in [-0.2, 0) is 25.5 Å². The molecule has 28 heavy (non-hydrogen) atoms. The van der Waals surface area contributed by atoms with E-state index in [1.54, 1.807) is 0 Å². The number of halogens is 1. The first-order valence-electron chi connectivity index (χ1n) is 8.00. The summed E-state index contributed by atoms with van der Waals surface area (Å²) in [6, 6.07) is 0.894. The van der Waals surface area contributed by atoms with Gasteiger partial charge in [0, 0.05) is 18.6 Å². The van der Waals surface area contributed by atoms with Crippen LogP contribution in [0.15, 0.2) is 29.7 Å². The minimum absolute atomic E-state index is 0.0201. The van der Waals surface area contributed by atoms with Gasteiger partial charge < -0.3 is 30.1 Å². The number of benzene rings is 1. The maximum Gasteiger partial charge on any atom is 0.341 e. The second-order valence-electron chi connectivity index (χ2n) is 5.76. The Hall–Kier alpha value is -3.04. The molecule has 1 unspecified atom stereocenters. The molecule has 1 aliphatic rings. The lowest BCUT2D eigenvalue weighted by Crippen LogP contribution is -2.31. The molecule has 0 aliphatic heterocycles. The molecule has 0 fully saturated rings. The summed E-state index contributed by atoms with van der Waals surface area (Å²) in [5.74, 6) is -3.02. The van der Waals surface area contributed by atoms with E-state index in [0.29, 0.717) is 0 Å². The molecule has 0 spiro atoms. The van der Waals surface area contributed by atoms with E-state index in [4.69, 9.17) is 16.3 Å². The number of methoxy groups -OCH3 is 2. The third kappa shape index (κ3) is 4.44. The van der Waals surface area contributed by atoms with Gasteiger partial charge in [0.1, 0.15) is 28.9 Å². The van der Waals surface area contributed by atoms with E-state index in [9.17, 15) is 29.7 Å². The van der Waals surface area contributed by atoms with Crippen LogP contribution in [-0.4, -0.2) is 53.3 Å². The lowest BCUT2D eigenvalue weighted by molar-refractivity contribution is -0.122. The van der Waals surface area contributed by atoms with Crippen LogP contribution in [0.1, 0.15) is 22.3 Å². The monoisotopic (exact) mass is 411 g/mol. The van der Waals surface area contributed by atoms with E-state index in [0.717, 1.165) is 25.3 Å². The zero-order chi connectivity index (χ0) is 21.0. The van der Waals surface area contributed by atoms with Crippen molar-refractivity contribution in [2.75, 3.05) is 14.2 Å². The number of ether oxygens (including phenoxy) is 2. The number of aliphatic hydroxyl groups excluding tert-OH is 1. The second kappa shape index (κ2) is 8.77. The molecule has 1 atom stereocenters. The Kier molecular flexibility index (Phi) is 6.66. The quantitative estimate of drug-likeness (QED) is 0.506. The van der Waals surface area contributed by atoms with Gasteiger partial charge in [0.25, 0.3) is 0 Å². The van der Waals surface area contributed by atoms with Crippen LogP contribution in [0, 0.1) is 0 Å². The Morgan fingerprint density at radius 2 is 1.93 bits per heavy atom. The lowest BCUT2D eigenvalue weighted by atomic mass is 10.0. The largest absolute Gasteiger partial charge is 0.507 e. The maximum absolute atomic E-state index is 12.2. The summed E-state index contributed by atoms with van der Waals surface area (Å²) < 4.78 is 9.43. The van der Waals surface area contributed by atoms with Gasteiger partial charge in [0.2, 0.25) is 11.7 Å². The number of aliphatic hydroxyl groups is 1. The predicted octanol–water partition coefficient (Wildman–Crippen LogP) is 0.944. The van der Waals surface area contributed by atoms with Crippen molar-refractivity contribution in [3.05, 3.63) is 45.8 Å². The Balaban J connectivity index is 2.16. The van der Waals surface area contributed by atoms with Crippen molar-refractivity contribution in [3.63, 3.8) is 0 Å². The fourth-order valence-corrected chi connectivity index (χ4v) is 2.84. The summed E-state index contributed by atoms with van der Waals surface area (Å²) in [4.78, 5) is 36.0. The van der Waals surface area contributed by atoms with Gasteiger partial charge in [-0.05, 0) is 18.1 Å². The fourth-order valence-electron chi connectivity index (χ4n) is 2.60. The molecule has 2 rings (SSSR count). The first-order valence-corrected chi connectivity index (χ1v) is 8.38. The molecule has 0 saturated heterocycles. The fraction of sp³-hybridized carbons (Fsp3) is 0.278. The number of amides is 1. The third-order valence-electron chi connectivity index (χ3n) is 3.98. The van der Waals surface area contributed by atoms with Crippen molar-refractivity contribution in [3.8, 4) is 11.5 Å². The highest BCUT2D eigenvalue weighted by atomic mass is 35.5. The zero-order valence-electron chi connectivity index (χ0n) is 15.0. The van der Waals surface area contributed by atoms with E-state index in [1.807, 2.05) is 0 Å². The van der Waals surface area contributed by atoms with Crippen LogP contribution in [0.25, 0.3) is 0 Å². The smallest absolute Gasteiger partial charge is 0.341 e. The Morgan fingerprint density at radius 3 is 2.54 bits per heavy atom. The molecule has 150 valence electrons. The maximum atomic E-state index is 12.2. The second-order valence-corrected chi connectivity index (χ2v) is 6.14. The van der Waals surface area contributed by atoms with Crippen LogP contribution in [0.2, 0.25) is 5.02 Å². The molecule has 0 saturated carbocycles. The lowest BCUT2D eigenvalue weighted by Gasteiger charge is -2.18. The van der Waals surface area contributed by atoms with E-state index in [-0.39, 0.29) is 40.4 Å². The minimum Gasteiger partial charge on any atom is -0.507 e. The number of hydrogen-bond donors (Lipinski definition) is 4. The van der Waals surface area contributed by atoms with Crippen molar-refractivity contribution in [1.82, 2.24) is 5.32 Å². The van der Waals surface area contributed by atoms with Crippen molar-refractivity contribution in [2.24, 2.45) is 0 Å². The third-order valence-corrected chi connectivity index (χ3v) is 4.40. The van der Waals surface area contributed by atoms with E-state index in [2.05, 4.69) is 10.1 Å². The molecule has 1 aliphatic carbocycles. The molecule has 4 N–H and O–H groups in total. The van der Waals surface area contributed by atoms with Crippen molar-refractivity contribution >= 4 is 29.3 Å². The number of rotatable bonds is 6. The van der Waals surface area contributed by atoms with Gasteiger partial charge in [0.05, 0.1) is 24.9 Å². The molecular weight excluding hydrogens is 394 g/mol. The Bertz CT molecular complexity index is 890. The van der Waals surface area contributed by atoms with E-state index in [1.165, 1.54) is 7.11 Å². The summed E-state index contributed by atoms with van der Waals surface area (Å²) in [7, 11) is 2.40. The zero-order valence-corrected chi connectivity index (χ0v) is 15.7. The number of nitrogens with one attached hydrogen (secondary N) is 1. The average molecular weight is 412 g/mol. The van der Waals surface area contributed by atoms with Crippen LogP contribution in [0.3, 0.4) is 0 Å². The standard InChI is InChI=1S/C18H18ClNO8/c1-27-14-7-10(21)9(5-11(14)22)20-15(25)4-3-8-16(18(26)28-2)12(23)6-13(24)17(8)19/h5-7,11,22-24H,3-4H2,1-2H3,(H,20,25). The number of esters is 1. The number of carbonyl (C=O) groups excluding carboxylic acids is 3. The van der Waals surface area contributed by atoms with Gasteiger partial charge in [-0.15, -0.1) is 0 Å². The van der Waals surface area contributed by atoms with Gasteiger partial charge >= 0.3 is 5.97 Å². The predicted molar refractivity (Wildman–Crippen MR) is 96.8 cm³/mol. The number of phenols is 2. The Morgan fingerprint density at radius 1 is 1.25 bits per heavy atom. The molecule has 1 aromatic rings. The summed E-state index contributed by atoms with van der Waals surface area (Å²) >= 11 is 6.00. The normalized spacial score (nSPS) is 16.1. The highest BCUT2D eigenvalue weighted by Crippen LogP contribution is 2.37. The molecule has 9 nitrogen and oxygen atoms in total. The number of phenolic OH excluding ortho intramolecular Hbond substituents is 2. The van der Waals surface area contributed by atoms with Crippen LogP contribution < -0.4 is 5.32 Å². The molecule has 0 heterocycles. The Labute approximate surface area is 164 Å². The number of ketones is 1. The van der Waals surface area contributed by atoms with Crippen LogP contribution >= 0.6 is 11.6 Å². The number of aromatic hydroxyl groups is 2. The van der Waals surface area contributed by atoms with Crippen molar-refractivity contribution in [1.29, 1.82) is 0 Å². The van der Waals surface area contributed by atoms with Gasteiger partial charge in [-0.1, -0.05) is 11.6 Å². The van der Waals surface area contributed by atoms with Crippen molar-refractivity contribution in [2.45, 2.75) is 18.9 Å². The first-order chi connectivity index (χ1) is 13.2. The molecule has 10 heteroatoms. The molecule has 1 aromatic carbocycles. The number of hydrogen-bond acceptors (Lipinski definition) is 8. The summed E-state index contributed by atoms with van der Waals surface area (Å²) in [6.45, 7) is 0. The first kappa shape index (κ1) is 21.3. The van der Waals surface area contributed by atoms with Gasteiger partial charge in [-0.3, -0.25) is 9.59 Å². The van der Waals surface area contributed by atoms with Crippen LogP contribution in [0.4, 0.5) is 0 Å². The SMILES string of the molecule is COC(=O)c1c(O)cc(O)c(Cl)c1CCC(=O)NC1=CC(O)C(OC)=CC1=O. The highest BCUT2D eigenvalue weighted by molar-refractivity contribution is 6.33. The minimum atomic E-state index is -1.18. The molecule has 0 aromatic heterocycles. The van der Waals surface area contributed by atoms with Gasteiger partial charge in [-0.25, -0.2) is 4.79 Å². The summed E-state index contributed by atoms with van der Waals surface area (Å²) in [5, 5.41) is 31.6. The van der Waals surface area contributed by atoms with Crippen molar-refractivity contribution < 1.29 is 39.2 Å². The average Bonchev–Trinajstić information content (AvgIpc) is 2.65. The number of carbonyl (C=O) groups is 3. The topological polar surface area (TPSA) is 142 Å². The van der Waals surface area contributed by atoms with E-state index < -0.39 is 35.3 Å². The molecular formula is C18H18ClNO8. The van der Waals surface area contributed by atoms with Gasteiger partial charge in [0.15, 0.2) is 0 Å². The van der Waals surface area contributed by atoms with Crippen LogP contribution in [0.5, 0.6) is 11.5 Å². The summed E-state index contributed by atoms with van der Waals surface area (Å²) in [6.07, 6.45) is 0.627. The summed E-state index contributed by atoms with van der Waals surface area (Å²) in [5.41, 5.74) is -0.378. The molecule has 1 amide bonds. The van der Waals surface area contributed by atoms with Gasteiger partial charge in [-0.2, -0.15) is 0 Å². The highest BCUT2D eigenvalue weighted by Gasteiger charge is 2.25. The van der Waals surface area contributed by atoms with E-state index >= 15 is 0 Å².